The number of anilines is 1. The van der Waals surface area contributed by atoms with Crippen molar-refractivity contribution >= 4 is 5.69 Å². The molecule has 0 fully saturated rings. The number of rotatable bonds is 2. The molecule has 0 bridgehead atoms. The zero-order valence-corrected chi connectivity index (χ0v) is 9.05. The average molecular weight is 191 g/mol. The SMILES string of the molecule is CCC(C)(C)c1ccc2c(c1)NCO2. The smallest absolute Gasteiger partial charge is 0.159 e. The van der Waals surface area contributed by atoms with E-state index in [4.69, 9.17) is 4.74 Å². The Kier molecular flexibility index (Phi) is 2.14. The highest BCUT2D eigenvalue weighted by Crippen LogP contribution is 2.35. The van der Waals surface area contributed by atoms with Crippen molar-refractivity contribution in [1.82, 2.24) is 0 Å². The molecule has 1 aromatic rings. The summed E-state index contributed by atoms with van der Waals surface area (Å²) in [7, 11) is 0. The lowest BCUT2D eigenvalue weighted by molar-refractivity contribution is 0.372. The van der Waals surface area contributed by atoms with Crippen LogP contribution in [0.5, 0.6) is 5.75 Å². The second kappa shape index (κ2) is 3.19. The topological polar surface area (TPSA) is 21.3 Å². The van der Waals surface area contributed by atoms with Gasteiger partial charge in [0.25, 0.3) is 0 Å². The van der Waals surface area contributed by atoms with E-state index in [0.29, 0.717) is 6.73 Å². The molecule has 1 aromatic carbocycles. The van der Waals surface area contributed by atoms with Gasteiger partial charge in [0.05, 0.1) is 5.69 Å². The van der Waals surface area contributed by atoms with E-state index >= 15 is 0 Å². The number of benzene rings is 1. The van der Waals surface area contributed by atoms with Gasteiger partial charge in [0, 0.05) is 0 Å². The largest absolute Gasteiger partial charge is 0.471 e. The van der Waals surface area contributed by atoms with Crippen molar-refractivity contribution in [2.75, 3.05) is 12.0 Å². The van der Waals surface area contributed by atoms with E-state index in [0.717, 1.165) is 17.9 Å². The molecule has 76 valence electrons. The Morgan fingerprint density at radius 2 is 2.21 bits per heavy atom. The van der Waals surface area contributed by atoms with Crippen LogP contribution in [0.1, 0.15) is 32.8 Å². The lowest BCUT2D eigenvalue weighted by Gasteiger charge is -2.23. The predicted molar refractivity (Wildman–Crippen MR) is 58.9 cm³/mol. The van der Waals surface area contributed by atoms with Gasteiger partial charge in [-0.1, -0.05) is 26.8 Å². The minimum atomic E-state index is 0.249. The van der Waals surface area contributed by atoms with Gasteiger partial charge in [-0.3, -0.25) is 0 Å². The lowest BCUT2D eigenvalue weighted by atomic mass is 9.82. The van der Waals surface area contributed by atoms with Gasteiger partial charge in [-0.15, -0.1) is 0 Å². The maximum Gasteiger partial charge on any atom is 0.159 e. The summed E-state index contributed by atoms with van der Waals surface area (Å²) in [5.41, 5.74) is 2.75. The molecule has 0 aromatic heterocycles. The molecule has 1 heterocycles. The maximum atomic E-state index is 5.39. The van der Waals surface area contributed by atoms with E-state index in [1.807, 2.05) is 0 Å². The highest BCUT2D eigenvalue weighted by molar-refractivity contribution is 5.61. The van der Waals surface area contributed by atoms with Gasteiger partial charge in [0.1, 0.15) is 5.75 Å². The van der Waals surface area contributed by atoms with Crippen LogP contribution in [0.15, 0.2) is 18.2 Å². The molecule has 1 N–H and O–H groups in total. The van der Waals surface area contributed by atoms with E-state index in [9.17, 15) is 0 Å². The van der Waals surface area contributed by atoms with Crippen molar-refractivity contribution in [3.63, 3.8) is 0 Å². The van der Waals surface area contributed by atoms with Crippen molar-refractivity contribution in [3.8, 4) is 5.75 Å². The molecule has 0 aliphatic carbocycles. The fourth-order valence-electron chi connectivity index (χ4n) is 1.61. The van der Waals surface area contributed by atoms with Gasteiger partial charge in [-0.2, -0.15) is 0 Å². The molecule has 1 aliphatic rings. The summed E-state index contributed by atoms with van der Waals surface area (Å²) < 4.78 is 5.39. The van der Waals surface area contributed by atoms with Crippen LogP contribution in [-0.2, 0) is 5.41 Å². The van der Waals surface area contributed by atoms with Gasteiger partial charge in [-0.25, -0.2) is 0 Å². The number of fused-ring (bicyclic) bond motifs is 1. The van der Waals surface area contributed by atoms with E-state index in [1.54, 1.807) is 0 Å². The summed E-state index contributed by atoms with van der Waals surface area (Å²) in [6, 6.07) is 6.42. The van der Waals surface area contributed by atoms with E-state index in [-0.39, 0.29) is 5.41 Å². The summed E-state index contributed by atoms with van der Waals surface area (Å²) in [5.74, 6) is 0.973. The quantitative estimate of drug-likeness (QED) is 0.775. The van der Waals surface area contributed by atoms with Gasteiger partial charge in [0.2, 0.25) is 0 Å². The Hall–Kier alpha value is -1.18. The fourth-order valence-corrected chi connectivity index (χ4v) is 1.61. The molecule has 0 radical (unpaired) electrons. The number of hydrogen-bond acceptors (Lipinski definition) is 2. The van der Waals surface area contributed by atoms with Crippen LogP contribution in [0.25, 0.3) is 0 Å². The molecule has 0 atom stereocenters. The van der Waals surface area contributed by atoms with Crippen molar-refractivity contribution < 1.29 is 4.74 Å². The van der Waals surface area contributed by atoms with Crippen molar-refractivity contribution in [2.24, 2.45) is 0 Å². The van der Waals surface area contributed by atoms with Crippen LogP contribution in [0, 0.1) is 0 Å². The highest BCUT2D eigenvalue weighted by atomic mass is 16.5. The standard InChI is InChI=1S/C12H17NO/c1-4-12(2,3)9-5-6-11-10(7-9)13-8-14-11/h5-7,13H,4,8H2,1-3H3. The summed E-state index contributed by atoms with van der Waals surface area (Å²) in [6.07, 6.45) is 1.15. The van der Waals surface area contributed by atoms with Crippen LogP contribution in [0.2, 0.25) is 0 Å². The molecule has 0 saturated carbocycles. The lowest BCUT2D eigenvalue weighted by Crippen LogP contribution is -2.15. The van der Waals surface area contributed by atoms with Gasteiger partial charge in [-0.05, 0) is 29.5 Å². The zero-order valence-electron chi connectivity index (χ0n) is 9.05. The average Bonchev–Trinajstić information content (AvgIpc) is 2.64. The third-order valence-electron chi connectivity index (χ3n) is 3.14. The number of nitrogens with one attached hydrogen (secondary N) is 1. The van der Waals surface area contributed by atoms with Gasteiger partial charge in [0.15, 0.2) is 6.73 Å². The van der Waals surface area contributed by atoms with E-state index < -0.39 is 0 Å². The third kappa shape index (κ3) is 1.45. The zero-order chi connectivity index (χ0) is 10.2. The van der Waals surface area contributed by atoms with Crippen molar-refractivity contribution in [3.05, 3.63) is 23.8 Å². The molecule has 0 saturated heterocycles. The van der Waals surface area contributed by atoms with Gasteiger partial charge >= 0.3 is 0 Å². The maximum absolute atomic E-state index is 5.39. The molecule has 0 spiro atoms. The van der Waals surface area contributed by atoms with Crippen LogP contribution >= 0.6 is 0 Å². The monoisotopic (exact) mass is 191 g/mol. The number of hydrogen-bond donors (Lipinski definition) is 1. The Balaban J connectivity index is 2.38. The predicted octanol–water partition coefficient (Wildman–Crippen LogP) is 3.14. The second-order valence-electron chi connectivity index (χ2n) is 4.41. The molecular weight excluding hydrogens is 174 g/mol. The van der Waals surface area contributed by atoms with Crippen LogP contribution in [0.4, 0.5) is 5.69 Å². The normalized spacial score (nSPS) is 14.5. The molecule has 2 heteroatoms. The van der Waals surface area contributed by atoms with Crippen molar-refractivity contribution in [1.29, 1.82) is 0 Å². The Labute approximate surface area is 85.3 Å². The minimum Gasteiger partial charge on any atom is -0.471 e. The molecule has 0 amide bonds. The number of ether oxygens (including phenoxy) is 1. The second-order valence-corrected chi connectivity index (χ2v) is 4.41. The molecule has 2 rings (SSSR count). The Morgan fingerprint density at radius 1 is 1.43 bits per heavy atom. The summed E-state index contributed by atoms with van der Waals surface area (Å²) in [5, 5.41) is 3.21. The first-order valence-corrected chi connectivity index (χ1v) is 5.15. The first kappa shape index (κ1) is 9.38. The summed E-state index contributed by atoms with van der Waals surface area (Å²) >= 11 is 0. The molecular formula is C12H17NO. The van der Waals surface area contributed by atoms with Crippen molar-refractivity contribution in [2.45, 2.75) is 32.6 Å². The van der Waals surface area contributed by atoms with Crippen LogP contribution in [0.3, 0.4) is 0 Å². The Bertz CT molecular complexity index is 344. The van der Waals surface area contributed by atoms with Crippen LogP contribution < -0.4 is 10.1 Å². The third-order valence-corrected chi connectivity index (χ3v) is 3.14. The summed E-state index contributed by atoms with van der Waals surface area (Å²) in [6.45, 7) is 7.36. The first-order valence-electron chi connectivity index (χ1n) is 5.15. The van der Waals surface area contributed by atoms with E-state index in [1.165, 1.54) is 5.56 Å². The highest BCUT2D eigenvalue weighted by Gasteiger charge is 2.20. The van der Waals surface area contributed by atoms with Crippen LogP contribution in [-0.4, -0.2) is 6.73 Å². The molecule has 1 aliphatic heterocycles. The Morgan fingerprint density at radius 3 is 2.93 bits per heavy atom. The molecule has 14 heavy (non-hydrogen) atoms. The minimum absolute atomic E-state index is 0.249. The van der Waals surface area contributed by atoms with E-state index in [2.05, 4.69) is 44.3 Å². The molecule has 0 unspecified atom stereocenters. The first-order chi connectivity index (χ1) is 6.63. The fraction of sp³-hybridized carbons (Fsp3) is 0.500. The van der Waals surface area contributed by atoms with Gasteiger partial charge < -0.3 is 10.1 Å². The summed E-state index contributed by atoms with van der Waals surface area (Å²) in [4.78, 5) is 0. The molecule has 2 nitrogen and oxygen atoms in total.